The molecule has 1 aliphatic carbocycles. The molecule has 2 rings (SSSR count). The minimum Gasteiger partial charge on any atom is -0.498 e. The first kappa shape index (κ1) is 19.3. The summed E-state index contributed by atoms with van der Waals surface area (Å²) >= 11 is 0. The van der Waals surface area contributed by atoms with Gasteiger partial charge < -0.3 is 14.0 Å². The van der Waals surface area contributed by atoms with Gasteiger partial charge in [-0.3, -0.25) is 14.5 Å². The van der Waals surface area contributed by atoms with Crippen LogP contribution in [-0.2, 0) is 23.6 Å². The molecule has 6 nitrogen and oxygen atoms in total. The first-order valence-corrected chi connectivity index (χ1v) is 9.29. The topological polar surface area (TPSA) is 65.1 Å². The van der Waals surface area contributed by atoms with Crippen molar-refractivity contribution in [3.05, 3.63) is 0 Å². The first-order chi connectivity index (χ1) is 11.5. The van der Waals surface area contributed by atoms with Gasteiger partial charge in [0, 0.05) is 18.5 Å². The molecule has 3 atom stereocenters. The van der Waals surface area contributed by atoms with Gasteiger partial charge in [-0.15, -0.1) is 0 Å². The molecule has 136 valence electrons. The third-order valence-corrected chi connectivity index (χ3v) is 4.98. The molecule has 24 heavy (non-hydrogen) atoms. The van der Waals surface area contributed by atoms with Crippen LogP contribution < -0.4 is 0 Å². The number of ether oxygens (including phenoxy) is 1. The largest absolute Gasteiger partial charge is 0.601 e. The van der Waals surface area contributed by atoms with Crippen LogP contribution in [0.15, 0.2) is 0 Å². The van der Waals surface area contributed by atoms with E-state index in [4.69, 9.17) is 14.0 Å². The van der Waals surface area contributed by atoms with Gasteiger partial charge in [0.25, 0.3) is 0 Å². The fourth-order valence-corrected chi connectivity index (χ4v) is 3.30. The molecule has 7 heteroatoms. The molecule has 2 aliphatic rings. The summed E-state index contributed by atoms with van der Waals surface area (Å²) in [5.74, 6) is -0.653. The van der Waals surface area contributed by atoms with E-state index in [0.29, 0.717) is 0 Å². The standard InChI is InChI=1S/C17H30BNO5/c1-4-6-10-22-15-9-7-8-14(15)19-11-16(20)23-18(13(3)5-2)24-17(21)12-19/h13-15H,4-12H2,1-3H3/t13-,14-,15-/m0/s1. The average Bonchev–Trinajstić information content (AvgIpc) is 3.00. The molecule has 0 bridgehead atoms. The van der Waals surface area contributed by atoms with Gasteiger partial charge in [-0.05, 0) is 25.7 Å². The summed E-state index contributed by atoms with van der Waals surface area (Å²) in [7, 11) is -0.766. The molecule has 0 radical (unpaired) electrons. The van der Waals surface area contributed by atoms with Gasteiger partial charge in [-0.25, -0.2) is 0 Å². The minimum atomic E-state index is -0.766. The van der Waals surface area contributed by atoms with Crippen LogP contribution in [0.1, 0.15) is 59.3 Å². The van der Waals surface area contributed by atoms with Gasteiger partial charge in [0.05, 0.1) is 19.2 Å². The number of unbranched alkanes of at least 4 members (excludes halogenated alkanes) is 1. The minimum absolute atomic E-state index is 0.000978. The van der Waals surface area contributed by atoms with E-state index in [2.05, 4.69) is 6.92 Å². The van der Waals surface area contributed by atoms with Crippen molar-refractivity contribution in [1.29, 1.82) is 0 Å². The third kappa shape index (κ3) is 5.21. The van der Waals surface area contributed by atoms with Crippen LogP contribution in [0.3, 0.4) is 0 Å². The van der Waals surface area contributed by atoms with Gasteiger partial charge in [0.2, 0.25) is 0 Å². The quantitative estimate of drug-likeness (QED) is 0.524. The Balaban J connectivity index is 1.98. The third-order valence-electron chi connectivity index (χ3n) is 4.98. The molecule has 1 saturated carbocycles. The lowest BCUT2D eigenvalue weighted by Crippen LogP contribution is -2.51. The number of carbonyl (C=O) groups is 2. The highest BCUT2D eigenvalue weighted by atomic mass is 16.6. The van der Waals surface area contributed by atoms with E-state index in [1.807, 2.05) is 18.7 Å². The second-order valence-corrected chi connectivity index (χ2v) is 6.90. The lowest BCUT2D eigenvalue weighted by atomic mass is 9.71. The zero-order valence-electron chi connectivity index (χ0n) is 15.2. The van der Waals surface area contributed by atoms with Crippen LogP contribution in [0.4, 0.5) is 0 Å². The summed E-state index contributed by atoms with van der Waals surface area (Å²) in [5.41, 5.74) is 0. The number of rotatable bonds is 7. The lowest BCUT2D eigenvalue weighted by Gasteiger charge is -2.34. The SMILES string of the molecule is CCCCO[C@H]1CCC[C@@H]1N1CC(=O)OB([C@@H](C)CC)OC(=O)C1. The predicted molar refractivity (Wildman–Crippen MR) is 91.5 cm³/mol. The Morgan fingerprint density at radius 2 is 1.88 bits per heavy atom. The van der Waals surface area contributed by atoms with E-state index < -0.39 is 7.12 Å². The Hall–Kier alpha value is -1.08. The molecule has 0 spiro atoms. The van der Waals surface area contributed by atoms with Crippen LogP contribution in [0.2, 0.25) is 5.82 Å². The summed E-state index contributed by atoms with van der Waals surface area (Å²) in [5, 5.41) is 0. The van der Waals surface area contributed by atoms with Crippen LogP contribution in [0, 0.1) is 0 Å². The highest BCUT2D eigenvalue weighted by molar-refractivity contribution is 6.50. The zero-order chi connectivity index (χ0) is 17.5. The van der Waals surface area contributed by atoms with Crippen molar-refractivity contribution in [3.63, 3.8) is 0 Å². The predicted octanol–water partition coefficient (Wildman–Crippen LogP) is 2.41. The van der Waals surface area contributed by atoms with E-state index in [1.165, 1.54) is 0 Å². The van der Waals surface area contributed by atoms with Crippen molar-refractivity contribution < 1.29 is 23.6 Å². The second-order valence-electron chi connectivity index (χ2n) is 6.90. The molecular weight excluding hydrogens is 309 g/mol. The molecule has 2 fully saturated rings. The lowest BCUT2D eigenvalue weighted by molar-refractivity contribution is -0.149. The van der Waals surface area contributed by atoms with Crippen LogP contribution >= 0.6 is 0 Å². The Labute approximate surface area is 145 Å². The van der Waals surface area contributed by atoms with Crippen LogP contribution in [0.5, 0.6) is 0 Å². The van der Waals surface area contributed by atoms with Crippen molar-refractivity contribution >= 4 is 19.1 Å². The summed E-state index contributed by atoms with van der Waals surface area (Å²) in [6.45, 7) is 7.01. The number of carbonyl (C=O) groups excluding carboxylic acids is 2. The fourth-order valence-electron chi connectivity index (χ4n) is 3.30. The van der Waals surface area contributed by atoms with Gasteiger partial charge in [0.1, 0.15) is 0 Å². The van der Waals surface area contributed by atoms with E-state index in [9.17, 15) is 9.59 Å². The maximum Gasteiger partial charge on any atom is 0.601 e. The first-order valence-electron chi connectivity index (χ1n) is 9.29. The van der Waals surface area contributed by atoms with Gasteiger partial charge in [0.15, 0.2) is 0 Å². The number of hydrogen-bond donors (Lipinski definition) is 0. The maximum atomic E-state index is 12.2. The molecule has 0 amide bonds. The van der Waals surface area contributed by atoms with E-state index >= 15 is 0 Å². The number of hydrogen-bond acceptors (Lipinski definition) is 6. The smallest absolute Gasteiger partial charge is 0.498 e. The molecule has 0 aromatic rings. The van der Waals surface area contributed by atoms with Gasteiger partial charge in [-0.1, -0.05) is 33.6 Å². The molecule has 0 aromatic carbocycles. The molecule has 0 N–H and O–H groups in total. The van der Waals surface area contributed by atoms with Crippen LogP contribution in [-0.4, -0.2) is 55.8 Å². The van der Waals surface area contributed by atoms with Crippen molar-refractivity contribution in [3.8, 4) is 0 Å². The molecule has 0 unspecified atom stereocenters. The Morgan fingerprint density at radius 1 is 1.21 bits per heavy atom. The van der Waals surface area contributed by atoms with Crippen LogP contribution in [0.25, 0.3) is 0 Å². The Kier molecular flexibility index (Phi) is 7.56. The fraction of sp³-hybridized carbons (Fsp3) is 0.882. The average molecular weight is 339 g/mol. The summed E-state index contributed by atoms with van der Waals surface area (Å²) in [4.78, 5) is 26.3. The van der Waals surface area contributed by atoms with E-state index in [1.54, 1.807) is 0 Å². The summed E-state index contributed by atoms with van der Waals surface area (Å²) in [6, 6.07) is 0.0853. The van der Waals surface area contributed by atoms with Gasteiger partial charge in [-0.2, -0.15) is 0 Å². The summed E-state index contributed by atoms with van der Waals surface area (Å²) < 4.78 is 16.7. The van der Waals surface area contributed by atoms with Crippen molar-refractivity contribution in [1.82, 2.24) is 4.90 Å². The molecule has 1 saturated heterocycles. The highest BCUT2D eigenvalue weighted by Gasteiger charge is 2.40. The number of nitrogens with zero attached hydrogens (tertiary/aromatic N) is 1. The molecule has 1 heterocycles. The highest BCUT2D eigenvalue weighted by Crippen LogP contribution is 2.28. The molecule has 0 aromatic heterocycles. The molecular formula is C17H30BNO5. The van der Waals surface area contributed by atoms with Gasteiger partial charge >= 0.3 is 19.1 Å². The Morgan fingerprint density at radius 3 is 2.46 bits per heavy atom. The van der Waals surface area contributed by atoms with Crippen molar-refractivity contribution in [2.45, 2.75) is 77.3 Å². The van der Waals surface area contributed by atoms with E-state index in [0.717, 1.165) is 45.1 Å². The zero-order valence-corrected chi connectivity index (χ0v) is 15.2. The molecule has 1 aliphatic heterocycles. The van der Waals surface area contributed by atoms with Crippen molar-refractivity contribution in [2.24, 2.45) is 0 Å². The van der Waals surface area contributed by atoms with E-state index in [-0.39, 0.29) is 43.0 Å². The second kappa shape index (κ2) is 9.42. The Bertz CT molecular complexity index is 413. The normalized spacial score (nSPS) is 27.4. The monoisotopic (exact) mass is 339 g/mol. The summed E-state index contributed by atoms with van der Waals surface area (Å²) in [6.07, 6.45) is 5.96. The maximum absolute atomic E-state index is 12.2. The van der Waals surface area contributed by atoms with Crippen molar-refractivity contribution in [2.75, 3.05) is 19.7 Å².